The van der Waals surface area contributed by atoms with Crippen molar-refractivity contribution in [1.29, 1.82) is 0 Å². The number of aromatic nitrogens is 2. The van der Waals surface area contributed by atoms with E-state index < -0.39 is 4.92 Å². The average Bonchev–Trinajstić information content (AvgIpc) is 2.17. The van der Waals surface area contributed by atoms with Crippen LogP contribution >= 0.6 is 11.6 Å². The van der Waals surface area contributed by atoms with Crippen molar-refractivity contribution in [3.8, 4) is 12.3 Å². The van der Waals surface area contributed by atoms with Crippen molar-refractivity contribution in [2.75, 3.05) is 5.32 Å². The Morgan fingerprint density at radius 2 is 2.50 bits per heavy atom. The number of nitro groups is 1. The molecule has 1 atom stereocenters. The maximum absolute atomic E-state index is 10.7. The molecule has 0 saturated heterocycles. The van der Waals surface area contributed by atoms with Crippen LogP contribution in [-0.4, -0.2) is 20.9 Å². The first-order valence-corrected chi connectivity index (χ1v) is 4.79. The van der Waals surface area contributed by atoms with Crippen LogP contribution in [0.4, 0.5) is 11.5 Å². The number of terminal acetylenes is 1. The molecule has 0 saturated carbocycles. The third kappa shape index (κ3) is 3.07. The minimum atomic E-state index is -0.582. The monoisotopic (exact) mass is 240 g/mol. The quantitative estimate of drug-likeness (QED) is 0.376. The Morgan fingerprint density at radius 1 is 1.81 bits per heavy atom. The summed E-state index contributed by atoms with van der Waals surface area (Å²) in [5.41, 5.74) is -0.228. The van der Waals surface area contributed by atoms with Gasteiger partial charge in [-0.05, 0) is 18.5 Å². The third-order valence-corrected chi connectivity index (χ3v) is 1.93. The summed E-state index contributed by atoms with van der Waals surface area (Å²) in [5, 5.41) is 13.4. The molecule has 0 aliphatic rings. The van der Waals surface area contributed by atoms with Gasteiger partial charge in [0.25, 0.3) is 0 Å². The Bertz CT molecular complexity index is 444. The minimum Gasteiger partial charge on any atom is -0.361 e. The van der Waals surface area contributed by atoms with Gasteiger partial charge in [-0.25, -0.2) is 4.98 Å². The summed E-state index contributed by atoms with van der Waals surface area (Å²) in [6.45, 7) is 1.79. The molecule has 1 aromatic rings. The van der Waals surface area contributed by atoms with Crippen LogP contribution in [0.25, 0.3) is 0 Å². The summed E-state index contributed by atoms with van der Waals surface area (Å²) in [6, 6.07) is -0.130. The van der Waals surface area contributed by atoms with Gasteiger partial charge < -0.3 is 5.32 Å². The number of rotatable bonds is 4. The molecule has 1 unspecified atom stereocenters. The Hall–Kier alpha value is -1.87. The zero-order valence-electron chi connectivity index (χ0n) is 8.48. The smallest absolute Gasteiger partial charge is 0.329 e. The van der Waals surface area contributed by atoms with Crippen LogP contribution in [0.15, 0.2) is 6.20 Å². The Kier molecular flexibility index (Phi) is 4.03. The van der Waals surface area contributed by atoms with Crippen molar-refractivity contribution in [2.24, 2.45) is 0 Å². The van der Waals surface area contributed by atoms with Crippen LogP contribution in [0, 0.1) is 22.5 Å². The van der Waals surface area contributed by atoms with Crippen molar-refractivity contribution in [2.45, 2.75) is 19.4 Å². The second-order valence-corrected chi connectivity index (χ2v) is 3.42. The van der Waals surface area contributed by atoms with Crippen LogP contribution in [0.2, 0.25) is 5.28 Å². The molecule has 6 nitrogen and oxygen atoms in total. The zero-order chi connectivity index (χ0) is 12.1. The first-order chi connectivity index (χ1) is 7.54. The van der Waals surface area contributed by atoms with Crippen LogP contribution in [-0.2, 0) is 0 Å². The summed E-state index contributed by atoms with van der Waals surface area (Å²) < 4.78 is 0. The third-order valence-electron chi connectivity index (χ3n) is 1.74. The molecule has 16 heavy (non-hydrogen) atoms. The summed E-state index contributed by atoms with van der Waals surface area (Å²) in [6.07, 6.45) is 6.61. The van der Waals surface area contributed by atoms with E-state index in [0.29, 0.717) is 6.42 Å². The molecule has 0 aliphatic carbocycles. The second-order valence-electron chi connectivity index (χ2n) is 3.08. The van der Waals surface area contributed by atoms with E-state index in [4.69, 9.17) is 18.0 Å². The van der Waals surface area contributed by atoms with Crippen LogP contribution in [0.1, 0.15) is 13.3 Å². The standard InChI is InChI=1S/C9H9ClN4O2/c1-3-4-6(2)12-8-7(14(15)16)5-11-9(10)13-8/h1,5-6H,4H2,2H3,(H,11,12,13). The number of nitrogens with one attached hydrogen (secondary N) is 1. The first kappa shape index (κ1) is 12.2. The van der Waals surface area contributed by atoms with Gasteiger partial charge in [0, 0.05) is 12.5 Å². The SMILES string of the molecule is C#CCC(C)Nc1nc(Cl)ncc1[N+](=O)[O-]. The topological polar surface area (TPSA) is 81.0 Å². The number of hydrogen-bond donors (Lipinski definition) is 1. The lowest BCUT2D eigenvalue weighted by Gasteiger charge is -2.11. The lowest BCUT2D eigenvalue weighted by atomic mass is 10.2. The number of nitrogens with zero attached hydrogens (tertiary/aromatic N) is 3. The molecule has 0 amide bonds. The van der Waals surface area contributed by atoms with Crippen LogP contribution in [0.5, 0.6) is 0 Å². The molecule has 84 valence electrons. The van der Waals surface area contributed by atoms with Gasteiger partial charge in [-0.3, -0.25) is 10.1 Å². The largest absolute Gasteiger partial charge is 0.361 e. The first-order valence-electron chi connectivity index (χ1n) is 4.41. The Labute approximate surface area is 97.2 Å². The van der Waals surface area contributed by atoms with E-state index in [0.717, 1.165) is 6.20 Å². The zero-order valence-corrected chi connectivity index (χ0v) is 9.23. The highest BCUT2D eigenvalue weighted by Crippen LogP contribution is 2.22. The highest BCUT2D eigenvalue weighted by molar-refractivity contribution is 6.28. The van der Waals surface area contributed by atoms with Gasteiger partial charge in [0.05, 0.1) is 4.92 Å². The molecule has 0 aromatic carbocycles. The number of anilines is 1. The second kappa shape index (κ2) is 5.28. The summed E-state index contributed by atoms with van der Waals surface area (Å²) >= 11 is 5.56. The van der Waals surface area contributed by atoms with Gasteiger partial charge in [0.15, 0.2) is 0 Å². The van der Waals surface area contributed by atoms with E-state index >= 15 is 0 Å². The molecule has 7 heteroatoms. The van der Waals surface area contributed by atoms with Gasteiger partial charge >= 0.3 is 5.69 Å². The fourth-order valence-electron chi connectivity index (χ4n) is 1.05. The molecule has 0 aliphatic heterocycles. The molecular weight excluding hydrogens is 232 g/mol. The van der Waals surface area contributed by atoms with Gasteiger partial charge in [-0.1, -0.05) is 0 Å². The average molecular weight is 241 g/mol. The molecule has 0 fully saturated rings. The molecule has 1 rings (SSSR count). The van der Waals surface area contributed by atoms with Gasteiger partial charge in [0.1, 0.15) is 6.20 Å². The van der Waals surface area contributed by atoms with Crippen molar-refractivity contribution in [3.63, 3.8) is 0 Å². The van der Waals surface area contributed by atoms with E-state index in [9.17, 15) is 10.1 Å². The lowest BCUT2D eigenvalue weighted by Crippen LogP contribution is -2.16. The minimum absolute atomic E-state index is 0.0546. The molecule has 1 N–H and O–H groups in total. The maximum atomic E-state index is 10.7. The van der Waals surface area contributed by atoms with Crippen molar-refractivity contribution in [1.82, 2.24) is 9.97 Å². The molecule has 0 radical (unpaired) electrons. The summed E-state index contributed by atoms with van der Waals surface area (Å²) in [5.74, 6) is 2.52. The van der Waals surface area contributed by atoms with Crippen molar-refractivity contribution < 1.29 is 4.92 Å². The Morgan fingerprint density at radius 3 is 3.06 bits per heavy atom. The molecule has 1 heterocycles. The van der Waals surface area contributed by atoms with E-state index in [-0.39, 0.29) is 22.8 Å². The molecular formula is C9H9ClN4O2. The van der Waals surface area contributed by atoms with Crippen LogP contribution < -0.4 is 5.32 Å². The lowest BCUT2D eigenvalue weighted by molar-refractivity contribution is -0.384. The Balaban J connectivity index is 2.97. The highest BCUT2D eigenvalue weighted by Gasteiger charge is 2.17. The van der Waals surface area contributed by atoms with E-state index in [1.54, 1.807) is 6.92 Å². The van der Waals surface area contributed by atoms with Crippen molar-refractivity contribution >= 4 is 23.1 Å². The van der Waals surface area contributed by atoms with Gasteiger partial charge in [0.2, 0.25) is 11.1 Å². The molecule has 1 aromatic heterocycles. The summed E-state index contributed by atoms with van der Waals surface area (Å²) in [7, 11) is 0. The number of halogens is 1. The van der Waals surface area contributed by atoms with Gasteiger partial charge in [-0.15, -0.1) is 12.3 Å². The number of hydrogen-bond acceptors (Lipinski definition) is 5. The van der Waals surface area contributed by atoms with Crippen LogP contribution in [0.3, 0.4) is 0 Å². The predicted octanol–water partition coefficient (Wildman–Crippen LogP) is 1.86. The van der Waals surface area contributed by atoms with E-state index in [1.807, 2.05) is 0 Å². The highest BCUT2D eigenvalue weighted by atomic mass is 35.5. The normalized spacial score (nSPS) is 11.6. The maximum Gasteiger partial charge on any atom is 0.329 e. The predicted molar refractivity (Wildman–Crippen MR) is 60.2 cm³/mol. The fourth-order valence-corrected chi connectivity index (χ4v) is 1.19. The van der Waals surface area contributed by atoms with Gasteiger partial charge in [-0.2, -0.15) is 4.98 Å². The van der Waals surface area contributed by atoms with E-state index in [1.165, 1.54) is 0 Å². The summed E-state index contributed by atoms with van der Waals surface area (Å²) in [4.78, 5) is 17.4. The molecule has 0 bridgehead atoms. The molecule has 0 spiro atoms. The van der Waals surface area contributed by atoms with Crippen molar-refractivity contribution in [3.05, 3.63) is 21.6 Å². The van der Waals surface area contributed by atoms with E-state index in [2.05, 4.69) is 21.2 Å². The fraction of sp³-hybridized carbons (Fsp3) is 0.333.